The van der Waals surface area contributed by atoms with Crippen LogP contribution < -0.4 is 15.4 Å². The molecule has 2 aromatic rings. The van der Waals surface area contributed by atoms with E-state index in [1.807, 2.05) is 19.1 Å². The molecule has 1 aliphatic rings. The normalized spacial score (nSPS) is 15.1. The molecule has 3 rings (SSSR count). The highest BCUT2D eigenvalue weighted by molar-refractivity contribution is 5.74. The van der Waals surface area contributed by atoms with Crippen LogP contribution in [0.5, 0.6) is 5.75 Å². The van der Waals surface area contributed by atoms with Gasteiger partial charge in [0.25, 0.3) is 0 Å². The van der Waals surface area contributed by atoms with Crippen LogP contribution in [0.1, 0.15) is 36.3 Å². The van der Waals surface area contributed by atoms with Gasteiger partial charge < -0.3 is 24.9 Å². The zero-order chi connectivity index (χ0) is 17.6. The van der Waals surface area contributed by atoms with Gasteiger partial charge in [-0.3, -0.25) is 0 Å². The Morgan fingerprint density at radius 2 is 2.24 bits per heavy atom. The molecule has 2 amide bonds. The number of ether oxygens (including phenoxy) is 1. The van der Waals surface area contributed by atoms with Crippen molar-refractivity contribution in [3.05, 3.63) is 53.5 Å². The van der Waals surface area contributed by atoms with E-state index in [0.29, 0.717) is 18.7 Å². The third-order valence-corrected chi connectivity index (χ3v) is 4.28. The van der Waals surface area contributed by atoms with Gasteiger partial charge in [-0.25, -0.2) is 4.79 Å². The van der Waals surface area contributed by atoms with Crippen LogP contribution in [0.3, 0.4) is 0 Å². The molecule has 0 fully saturated rings. The minimum Gasteiger partial charge on any atom is -0.493 e. The third kappa shape index (κ3) is 4.76. The van der Waals surface area contributed by atoms with Gasteiger partial charge in [-0.05, 0) is 42.7 Å². The monoisotopic (exact) mass is 344 g/mol. The summed E-state index contributed by atoms with van der Waals surface area (Å²) in [5.74, 6) is 1.48. The maximum absolute atomic E-state index is 12.0. The van der Waals surface area contributed by atoms with Crippen LogP contribution in [-0.4, -0.2) is 30.3 Å². The van der Waals surface area contributed by atoms with Crippen molar-refractivity contribution in [2.75, 3.05) is 13.2 Å². The SMILES string of the molecule is C[C@@H](C[C@@H](O)c1ccco1)NC(=O)NCCc1ccc2c(c1)CCO2. The molecule has 0 saturated carbocycles. The van der Waals surface area contributed by atoms with Crippen molar-refractivity contribution in [2.24, 2.45) is 0 Å². The Balaban J connectivity index is 1.37. The van der Waals surface area contributed by atoms with E-state index in [4.69, 9.17) is 9.15 Å². The van der Waals surface area contributed by atoms with Gasteiger partial charge in [0.15, 0.2) is 0 Å². The van der Waals surface area contributed by atoms with E-state index in [1.165, 1.54) is 17.4 Å². The number of aliphatic hydroxyl groups is 1. The number of urea groups is 1. The van der Waals surface area contributed by atoms with E-state index in [-0.39, 0.29) is 12.1 Å². The molecular formula is C19H24N2O4. The van der Waals surface area contributed by atoms with Crippen LogP contribution in [0.25, 0.3) is 0 Å². The molecule has 1 aliphatic heterocycles. The van der Waals surface area contributed by atoms with Gasteiger partial charge in [-0.1, -0.05) is 12.1 Å². The molecule has 3 N–H and O–H groups in total. The fraction of sp³-hybridized carbons (Fsp3) is 0.421. The van der Waals surface area contributed by atoms with Gasteiger partial charge in [0.1, 0.15) is 17.6 Å². The van der Waals surface area contributed by atoms with Crippen LogP contribution in [0, 0.1) is 0 Å². The molecule has 0 spiro atoms. The van der Waals surface area contributed by atoms with Crippen molar-refractivity contribution < 1.29 is 19.1 Å². The molecule has 0 bridgehead atoms. The number of rotatable bonds is 7. The molecule has 1 aromatic carbocycles. The number of benzene rings is 1. The Kier molecular flexibility index (Phi) is 5.60. The molecule has 0 aliphatic carbocycles. The number of amides is 2. The first-order valence-corrected chi connectivity index (χ1v) is 8.62. The van der Waals surface area contributed by atoms with Gasteiger partial charge >= 0.3 is 6.03 Å². The van der Waals surface area contributed by atoms with Crippen molar-refractivity contribution in [3.8, 4) is 5.75 Å². The van der Waals surface area contributed by atoms with E-state index in [9.17, 15) is 9.90 Å². The summed E-state index contributed by atoms with van der Waals surface area (Å²) in [5.41, 5.74) is 2.42. The van der Waals surface area contributed by atoms with Gasteiger partial charge in [0.2, 0.25) is 0 Å². The van der Waals surface area contributed by atoms with Crippen molar-refractivity contribution >= 4 is 6.03 Å². The van der Waals surface area contributed by atoms with Gasteiger partial charge in [-0.15, -0.1) is 0 Å². The van der Waals surface area contributed by atoms with Crippen LogP contribution in [-0.2, 0) is 12.8 Å². The highest BCUT2D eigenvalue weighted by atomic mass is 16.5. The lowest BCUT2D eigenvalue weighted by atomic mass is 10.1. The average molecular weight is 344 g/mol. The van der Waals surface area contributed by atoms with E-state index in [2.05, 4.69) is 16.7 Å². The molecule has 25 heavy (non-hydrogen) atoms. The summed E-state index contributed by atoms with van der Waals surface area (Å²) >= 11 is 0. The number of aliphatic hydroxyl groups excluding tert-OH is 1. The minimum atomic E-state index is -0.723. The van der Waals surface area contributed by atoms with Crippen molar-refractivity contribution in [1.82, 2.24) is 10.6 Å². The summed E-state index contributed by atoms with van der Waals surface area (Å²) in [7, 11) is 0. The molecule has 0 unspecified atom stereocenters. The second kappa shape index (κ2) is 8.07. The quantitative estimate of drug-likeness (QED) is 0.721. The van der Waals surface area contributed by atoms with Gasteiger partial charge in [0.05, 0.1) is 12.9 Å². The van der Waals surface area contributed by atoms with Crippen molar-refractivity contribution in [2.45, 2.75) is 38.3 Å². The molecular weight excluding hydrogens is 320 g/mol. The van der Waals surface area contributed by atoms with E-state index < -0.39 is 6.10 Å². The van der Waals surface area contributed by atoms with E-state index in [1.54, 1.807) is 12.1 Å². The molecule has 134 valence electrons. The Morgan fingerprint density at radius 3 is 3.04 bits per heavy atom. The predicted octanol–water partition coefficient (Wildman–Crippen LogP) is 2.57. The molecule has 2 atom stereocenters. The summed E-state index contributed by atoms with van der Waals surface area (Å²) in [6, 6.07) is 9.22. The predicted molar refractivity (Wildman–Crippen MR) is 93.6 cm³/mol. The number of carbonyl (C=O) groups excluding carboxylic acids is 1. The molecule has 2 heterocycles. The molecule has 6 heteroatoms. The molecule has 6 nitrogen and oxygen atoms in total. The lowest BCUT2D eigenvalue weighted by Crippen LogP contribution is -2.42. The zero-order valence-electron chi connectivity index (χ0n) is 14.3. The summed E-state index contributed by atoms with van der Waals surface area (Å²) in [6.45, 7) is 3.16. The number of fused-ring (bicyclic) bond motifs is 1. The Bertz CT molecular complexity index is 699. The number of hydrogen-bond acceptors (Lipinski definition) is 4. The minimum absolute atomic E-state index is 0.169. The highest BCUT2D eigenvalue weighted by Crippen LogP contribution is 2.25. The van der Waals surface area contributed by atoms with Crippen molar-refractivity contribution in [1.29, 1.82) is 0 Å². The standard InChI is InChI=1S/C19H24N2O4/c1-13(11-16(22)18-3-2-9-24-18)21-19(23)20-8-6-14-4-5-17-15(12-14)7-10-25-17/h2-5,9,12-13,16,22H,6-8,10-11H2,1H3,(H2,20,21,23)/t13-,16+/m0/s1. The smallest absolute Gasteiger partial charge is 0.315 e. The molecule has 1 aromatic heterocycles. The Hall–Kier alpha value is -2.47. The number of hydrogen-bond donors (Lipinski definition) is 3. The maximum atomic E-state index is 12.0. The van der Waals surface area contributed by atoms with Gasteiger partial charge in [-0.2, -0.15) is 0 Å². The van der Waals surface area contributed by atoms with E-state index >= 15 is 0 Å². The van der Waals surface area contributed by atoms with Gasteiger partial charge in [0, 0.05) is 25.4 Å². The second-order valence-electron chi connectivity index (χ2n) is 6.36. The number of furan rings is 1. The number of nitrogens with one attached hydrogen (secondary N) is 2. The lowest BCUT2D eigenvalue weighted by molar-refractivity contribution is 0.129. The largest absolute Gasteiger partial charge is 0.493 e. The summed E-state index contributed by atoms with van der Waals surface area (Å²) < 4.78 is 10.7. The Labute approximate surface area is 147 Å². The van der Waals surface area contributed by atoms with Crippen LogP contribution in [0.2, 0.25) is 0 Å². The fourth-order valence-electron chi connectivity index (χ4n) is 2.98. The maximum Gasteiger partial charge on any atom is 0.315 e. The first-order chi connectivity index (χ1) is 12.1. The first-order valence-electron chi connectivity index (χ1n) is 8.62. The first kappa shape index (κ1) is 17.4. The lowest BCUT2D eigenvalue weighted by Gasteiger charge is -2.17. The number of carbonyl (C=O) groups is 1. The summed E-state index contributed by atoms with van der Waals surface area (Å²) in [4.78, 5) is 12.0. The van der Waals surface area contributed by atoms with Crippen molar-refractivity contribution in [3.63, 3.8) is 0 Å². The average Bonchev–Trinajstić information content (AvgIpc) is 3.26. The second-order valence-corrected chi connectivity index (χ2v) is 6.36. The topological polar surface area (TPSA) is 83.7 Å². The highest BCUT2D eigenvalue weighted by Gasteiger charge is 2.16. The Morgan fingerprint density at radius 1 is 1.36 bits per heavy atom. The zero-order valence-corrected chi connectivity index (χ0v) is 14.3. The molecule has 0 saturated heterocycles. The van der Waals surface area contributed by atoms with Crippen LogP contribution >= 0.6 is 0 Å². The van der Waals surface area contributed by atoms with Crippen LogP contribution in [0.4, 0.5) is 4.79 Å². The summed E-state index contributed by atoms with van der Waals surface area (Å²) in [5, 5.41) is 15.7. The summed E-state index contributed by atoms with van der Waals surface area (Å²) in [6.07, 6.45) is 2.91. The molecule has 0 radical (unpaired) electrons. The third-order valence-electron chi connectivity index (χ3n) is 4.28. The van der Waals surface area contributed by atoms with E-state index in [0.717, 1.165) is 25.2 Å². The van der Waals surface area contributed by atoms with Crippen LogP contribution in [0.15, 0.2) is 41.0 Å². The fourth-order valence-corrected chi connectivity index (χ4v) is 2.98.